The summed E-state index contributed by atoms with van der Waals surface area (Å²) in [5.41, 5.74) is 6.06. The maximum absolute atomic E-state index is 11.7. The molecule has 0 saturated carbocycles. The summed E-state index contributed by atoms with van der Waals surface area (Å²) in [4.78, 5) is 18.1. The summed E-state index contributed by atoms with van der Waals surface area (Å²) in [7, 11) is 0. The van der Waals surface area contributed by atoms with Crippen molar-refractivity contribution in [1.29, 1.82) is 0 Å². The Kier molecular flexibility index (Phi) is 5.52. The van der Waals surface area contributed by atoms with Crippen LogP contribution in [0.1, 0.15) is 11.3 Å². The van der Waals surface area contributed by atoms with Crippen LogP contribution < -0.4 is 4.90 Å². The van der Waals surface area contributed by atoms with Crippen molar-refractivity contribution in [2.45, 2.75) is 13.5 Å². The van der Waals surface area contributed by atoms with E-state index in [1.54, 1.807) is 6.20 Å². The first kappa shape index (κ1) is 18.7. The fraction of sp³-hybridized carbons (Fsp3) is 0.120. The maximum atomic E-state index is 11.7. The van der Waals surface area contributed by atoms with Gasteiger partial charge in [0.2, 0.25) is 0 Å². The van der Waals surface area contributed by atoms with Crippen LogP contribution in [0.2, 0.25) is 0 Å². The van der Waals surface area contributed by atoms with Crippen LogP contribution in [0.25, 0.3) is 11.1 Å². The molecule has 4 rings (SSSR count). The Bertz CT molecular complexity index is 1060. The molecule has 29 heavy (non-hydrogen) atoms. The molecule has 0 fully saturated rings. The number of aldehydes is 1. The first-order valence-electron chi connectivity index (χ1n) is 9.57. The number of hydrogen-bond acceptors (Lipinski definition) is 4. The van der Waals surface area contributed by atoms with Gasteiger partial charge in [0, 0.05) is 18.1 Å². The lowest BCUT2D eigenvalue weighted by atomic mass is 9.98. The van der Waals surface area contributed by atoms with Gasteiger partial charge in [-0.15, -0.1) is 0 Å². The Morgan fingerprint density at radius 1 is 1.03 bits per heavy atom. The maximum Gasteiger partial charge on any atom is 0.151 e. The van der Waals surface area contributed by atoms with Gasteiger partial charge in [-0.05, 0) is 47.9 Å². The Morgan fingerprint density at radius 2 is 1.86 bits per heavy atom. The zero-order valence-electron chi connectivity index (χ0n) is 16.3. The molecule has 0 N–H and O–H groups in total. The highest BCUT2D eigenvalue weighted by molar-refractivity contribution is 5.80. The smallest absolute Gasteiger partial charge is 0.151 e. The van der Waals surface area contributed by atoms with Crippen LogP contribution in [0.15, 0.2) is 96.5 Å². The molecule has 0 atom stereocenters. The first-order valence-corrected chi connectivity index (χ1v) is 9.57. The molecule has 4 nitrogen and oxygen atoms in total. The van der Waals surface area contributed by atoms with Crippen LogP contribution in [-0.4, -0.2) is 17.8 Å². The Morgan fingerprint density at radius 3 is 2.62 bits per heavy atom. The van der Waals surface area contributed by atoms with Crippen LogP contribution in [0, 0.1) is 6.92 Å². The molecule has 0 spiro atoms. The Labute approximate surface area is 170 Å². The average Bonchev–Trinajstić information content (AvgIpc) is 2.79. The van der Waals surface area contributed by atoms with Crippen LogP contribution in [-0.2, 0) is 16.1 Å². The molecule has 144 valence electrons. The van der Waals surface area contributed by atoms with Crippen molar-refractivity contribution in [1.82, 2.24) is 4.98 Å². The summed E-state index contributed by atoms with van der Waals surface area (Å²) in [6, 6.07) is 22.3. The van der Waals surface area contributed by atoms with E-state index in [4.69, 9.17) is 4.74 Å². The monoisotopic (exact) mass is 382 g/mol. The van der Waals surface area contributed by atoms with E-state index in [0.29, 0.717) is 24.5 Å². The Hall–Kier alpha value is -3.66. The predicted octanol–water partition coefficient (Wildman–Crippen LogP) is 5.06. The van der Waals surface area contributed by atoms with Crippen LogP contribution in [0.3, 0.4) is 0 Å². The van der Waals surface area contributed by atoms with Crippen molar-refractivity contribution < 1.29 is 9.53 Å². The van der Waals surface area contributed by atoms with Gasteiger partial charge in [-0.3, -0.25) is 9.78 Å². The number of ether oxygens (including phenoxy) is 1. The zero-order valence-corrected chi connectivity index (χ0v) is 16.3. The summed E-state index contributed by atoms with van der Waals surface area (Å²) in [5.74, 6) is 0.596. The van der Waals surface area contributed by atoms with Crippen molar-refractivity contribution >= 4 is 12.0 Å². The highest BCUT2D eigenvalue weighted by Crippen LogP contribution is 2.32. The summed E-state index contributed by atoms with van der Waals surface area (Å²) >= 11 is 0. The molecular formula is C25H22N2O2. The summed E-state index contributed by atoms with van der Waals surface area (Å²) in [6.45, 7) is 2.92. The summed E-state index contributed by atoms with van der Waals surface area (Å²) in [5, 5.41) is 0. The van der Waals surface area contributed by atoms with Gasteiger partial charge in [0.15, 0.2) is 6.29 Å². The van der Waals surface area contributed by atoms with Crippen LogP contribution in [0.4, 0.5) is 5.69 Å². The molecule has 0 aliphatic carbocycles. The highest BCUT2D eigenvalue weighted by atomic mass is 16.5. The third kappa shape index (κ3) is 4.11. The van der Waals surface area contributed by atoms with Gasteiger partial charge < -0.3 is 9.64 Å². The lowest BCUT2D eigenvalue weighted by Gasteiger charge is -2.27. The predicted molar refractivity (Wildman–Crippen MR) is 115 cm³/mol. The van der Waals surface area contributed by atoms with Crippen LogP contribution in [0.5, 0.6) is 0 Å². The zero-order chi connectivity index (χ0) is 20.1. The largest absolute Gasteiger partial charge is 0.487 e. The van der Waals surface area contributed by atoms with Gasteiger partial charge in [0.05, 0.1) is 17.8 Å². The number of aromatic nitrogens is 1. The minimum Gasteiger partial charge on any atom is -0.487 e. The van der Waals surface area contributed by atoms with Crippen LogP contribution >= 0.6 is 0 Å². The van der Waals surface area contributed by atoms with Crippen molar-refractivity contribution in [3.63, 3.8) is 0 Å². The summed E-state index contributed by atoms with van der Waals surface area (Å²) in [6.07, 6.45) is 6.43. The van der Waals surface area contributed by atoms with Gasteiger partial charge >= 0.3 is 0 Å². The van der Waals surface area contributed by atoms with Crippen molar-refractivity contribution in [2.75, 3.05) is 11.4 Å². The molecule has 0 saturated heterocycles. The third-order valence-electron chi connectivity index (χ3n) is 5.01. The molecule has 1 aromatic heterocycles. The number of rotatable bonds is 6. The standard InChI is InChI=1S/C25H22N2O2/c1-19-23(20-8-3-2-4-9-20)11-7-12-24(19)27-15-13-25(21(16-27)17-28)29-18-22-10-5-6-14-26-22/h2-15,17H,16,18H2,1H3. The second kappa shape index (κ2) is 8.57. The van der Waals surface area contributed by atoms with E-state index in [2.05, 4.69) is 47.1 Å². The summed E-state index contributed by atoms with van der Waals surface area (Å²) < 4.78 is 5.85. The van der Waals surface area contributed by atoms with Gasteiger partial charge in [-0.25, -0.2) is 0 Å². The van der Waals surface area contributed by atoms with Gasteiger partial charge in [-0.2, -0.15) is 0 Å². The normalized spacial score (nSPS) is 13.5. The molecule has 3 aromatic rings. The first-order chi connectivity index (χ1) is 14.3. The number of carbonyl (C=O) groups is 1. The number of allylic oxidation sites excluding steroid dienone is 1. The minimum atomic E-state index is 0.334. The van der Waals surface area contributed by atoms with E-state index < -0.39 is 0 Å². The van der Waals surface area contributed by atoms with Gasteiger partial charge in [0.1, 0.15) is 12.4 Å². The molecule has 1 aliphatic rings. The van der Waals surface area contributed by atoms with E-state index >= 15 is 0 Å². The number of anilines is 1. The molecule has 0 radical (unpaired) electrons. The molecule has 2 heterocycles. The number of hydrogen-bond donors (Lipinski definition) is 0. The molecule has 0 amide bonds. The molecule has 2 aromatic carbocycles. The van der Waals surface area contributed by atoms with E-state index in [9.17, 15) is 4.79 Å². The van der Waals surface area contributed by atoms with Crippen molar-refractivity contribution in [3.05, 3.63) is 108 Å². The molecule has 4 heteroatoms. The molecule has 1 aliphatic heterocycles. The van der Waals surface area contributed by atoms with Gasteiger partial charge in [-0.1, -0.05) is 48.5 Å². The van der Waals surface area contributed by atoms with Gasteiger partial charge in [0.25, 0.3) is 0 Å². The lowest BCUT2D eigenvalue weighted by Crippen LogP contribution is -2.25. The number of pyridine rings is 1. The topological polar surface area (TPSA) is 42.4 Å². The van der Waals surface area contributed by atoms with E-state index in [-0.39, 0.29) is 0 Å². The lowest BCUT2D eigenvalue weighted by molar-refractivity contribution is -0.105. The Balaban J connectivity index is 1.56. The SMILES string of the molecule is Cc1c(-c2ccccc2)cccc1N1C=CC(OCc2ccccn2)=C(C=O)C1. The fourth-order valence-electron chi connectivity index (χ4n) is 3.48. The highest BCUT2D eigenvalue weighted by Gasteiger charge is 2.18. The van der Waals surface area contributed by atoms with E-state index in [1.165, 1.54) is 16.7 Å². The minimum absolute atomic E-state index is 0.334. The molecule has 0 bridgehead atoms. The third-order valence-corrected chi connectivity index (χ3v) is 5.01. The van der Waals surface area contributed by atoms with E-state index in [1.807, 2.05) is 48.7 Å². The number of benzene rings is 2. The van der Waals surface area contributed by atoms with Crippen molar-refractivity contribution in [2.24, 2.45) is 0 Å². The molecular weight excluding hydrogens is 360 g/mol. The second-order valence-electron chi connectivity index (χ2n) is 6.88. The average molecular weight is 382 g/mol. The quantitative estimate of drug-likeness (QED) is 0.559. The number of carbonyl (C=O) groups excluding carboxylic acids is 1. The van der Waals surface area contributed by atoms with Crippen molar-refractivity contribution in [3.8, 4) is 11.1 Å². The van der Waals surface area contributed by atoms with E-state index in [0.717, 1.165) is 17.7 Å². The fourth-order valence-corrected chi connectivity index (χ4v) is 3.48. The molecule has 0 unspecified atom stereocenters. The second-order valence-corrected chi connectivity index (χ2v) is 6.88. The number of nitrogens with zero attached hydrogens (tertiary/aromatic N) is 2.